The Hall–Kier alpha value is -2.20. The first-order valence-electron chi connectivity index (χ1n) is 7.57. The fourth-order valence-electron chi connectivity index (χ4n) is 2.10. The van der Waals surface area contributed by atoms with E-state index in [9.17, 15) is 4.79 Å². The second-order valence-electron chi connectivity index (χ2n) is 4.87. The summed E-state index contributed by atoms with van der Waals surface area (Å²) >= 11 is 6.06. The summed E-state index contributed by atoms with van der Waals surface area (Å²) in [5.41, 5.74) is 1.62. The third kappa shape index (κ3) is 4.89. The van der Waals surface area contributed by atoms with Crippen molar-refractivity contribution >= 4 is 23.2 Å². The number of para-hydroxylation sites is 2. The molecule has 0 heterocycles. The number of carbonyl (C=O) groups excluding carboxylic acids is 1. The lowest BCUT2D eigenvalue weighted by molar-refractivity contribution is -0.118. The second-order valence-corrected chi connectivity index (χ2v) is 5.28. The highest BCUT2D eigenvalue weighted by Gasteiger charge is 2.09. The van der Waals surface area contributed by atoms with Gasteiger partial charge in [-0.3, -0.25) is 4.79 Å². The Kier molecular flexibility index (Phi) is 6.29. The smallest absolute Gasteiger partial charge is 0.262 e. The Morgan fingerprint density at radius 1 is 1.13 bits per heavy atom. The zero-order valence-electron chi connectivity index (χ0n) is 13.3. The van der Waals surface area contributed by atoms with Crippen molar-refractivity contribution in [1.82, 2.24) is 0 Å². The molecule has 0 saturated carbocycles. The van der Waals surface area contributed by atoms with E-state index in [1.807, 2.05) is 38.1 Å². The molecule has 0 unspecified atom stereocenters. The molecule has 0 aliphatic rings. The van der Waals surface area contributed by atoms with Gasteiger partial charge in [0.2, 0.25) is 0 Å². The van der Waals surface area contributed by atoms with Crippen LogP contribution in [0.5, 0.6) is 11.5 Å². The Labute approximate surface area is 141 Å². The van der Waals surface area contributed by atoms with E-state index >= 15 is 0 Å². The van der Waals surface area contributed by atoms with Gasteiger partial charge in [-0.25, -0.2) is 0 Å². The van der Waals surface area contributed by atoms with Gasteiger partial charge in [-0.1, -0.05) is 30.7 Å². The zero-order chi connectivity index (χ0) is 16.7. The summed E-state index contributed by atoms with van der Waals surface area (Å²) in [6.07, 6.45) is 0.809. The lowest BCUT2D eigenvalue weighted by Crippen LogP contribution is -2.20. The van der Waals surface area contributed by atoms with E-state index in [1.54, 1.807) is 18.2 Å². The number of ether oxygens (including phenoxy) is 2. The number of amides is 1. The van der Waals surface area contributed by atoms with Gasteiger partial charge >= 0.3 is 0 Å². The van der Waals surface area contributed by atoms with Gasteiger partial charge in [-0.2, -0.15) is 0 Å². The Morgan fingerprint density at radius 2 is 1.91 bits per heavy atom. The van der Waals surface area contributed by atoms with Gasteiger partial charge in [-0.05, 0) is 49.2 Å². The number of aryl methyl sites for hydroxylation is 1. The lowest BCUT2D eigenvalue weighted by Gasteiger charge is -2.12. The van der Waals surface area contributed by atoms with Crippen molar-refractivity contribution in [2.24, 2.45) is 0 Å². The molecule has 0 radical (unpaired) electrons. The maximum absolute atomic E-state index is 12.0. The van der Waals surface area contributed by atoms with Crippen molar-refractivity contribution in [1.29, 1.82) is 0 Å². The van der Waals surface area contributed by atoms with Crippen LogP contribution in [0.2, 0.25) is 5.02 Å². The molecule has 2 rings (SSSR count). The summed E-state index contributed by atoms with van der Waals surface area (Å²) in [6.45, 7) is 4.37. The average Bonchev–Trinajstić information content (AvgIpc) is 2.56. The lowest BCUT2D eigenvalue weighted by atomic mass is 10.1. The van der Waals surface area contributed by atoms with Crippen LogP contribution in [0, 0.1) is 0 Å². The second kappa shape index (κ2) is 8.44. The van der Waals surface area contributed by atoms with Gasteiger partial charge in [0.05, 0.1) is 12.3 Å². The van der Waals surface area contributed by atoms with Crippen LogP contribution in [-0.2, 0) is 11.2 Å². The van der Waals surface area contributed by atoms with E-state index in [1.165, 1.54) is 0 Å². The summed E-state index contributed by atoms with van der Waals surface area (Å²) in [4.78, 5) is 12.0. The summed E-state index contributed by atoms with van der Waals surface area (Å²) in [7, 11) is 0. The fourth-order valence-corrected chi connectivity index (χ4v) is 2.35. The molecule has 0 aliphatic carbocycles. The first kappa shape index (κ1) is 17.2. The van der Waals surface area contributed by atoms with Crippen LogP contribution in [0.1, 0.15) is 19.4 Å². The van der Waals surface area contributed by atoms with E-state index in [2.05, 4.69) is 5.32 Å². The molecule has 0 spiro atoms. The summed E-state index contributed by atoms with van der Waals surface area (Å²) < 4.78 is 11.0. The fraction of sp³-hybridized carbons (Fsp3) is 0.278. The molecule has 122 valence electrons. The third-order valence-corrected chi connectivity index (χ3v) is 3.60. The minimum Gasteiger partial charge on any atom is -0.492 e. The Morgan fingerprint density at radius 3 is 2.65 bits per heavy atom. The van der Waals surface area contributed by atoms with E-state index in [0.717, 1.165) is 12.0 Å². The monoisotopic (exact) mass is 333 g/mol. The average molecular weight is 334 g/mol. The molecular weight excluding hydrogens is 314 g/mol. The number of hydrogen-bond donors (Lipinski definition) is 1. The number of benzene rings is 2. The van der Waals surface area contributed by atoms with Crippen molar-refractivity contribution in [3.05, 3.63) is 53.1 Å². The van der Waals surface area contributed by atoms with Crippen LogP contribution in [-0.4, -0.2) is 19.1 Å². The highest BCUT2D eigenvalue weighted by Crippen LogP contribution is 2.24. The maximum atomic E-state index is 12.0. The molecule has 0 bridgehead atoms. The van der Waals surface area contributed by atoms with E-state index in [0.29, 0.717) is 28.8 Å². The summed E-state index contributed by atoms with van der Waals surface area (Å²) in [5, 5.41) is 3.49. The van der Waals surface area contributed by atoms with Crippen molar-refractivity contribution in [2.45, 2.75) is 20.3 Å². The molecule has 0 aromatic heterocycles. The SMILES string of the molecule is CCOc1ccccc1NC(=O)COc1ccc(Cl)c(CC)c1. The van der Waals surface area contributed by atoms with Crippen molar-refractivity contribution in [3.63, 3.8) is 0 Å². The van der Waals surface area contributed by atoms with Crippen LogP contribution >= 0.6 is 11.6 Å². The molecule has 4 nitrogen and oxygen atoms in total. The molecule has 0 saturated heterocycles. The Bertz CT molecular complexity index is 673. The number of halogens is 1. The quantitative estimate of drug-likeness (QED) is 0.821. The van der Waals surface area contributed by atoms with Crippen LogP contribution in [0.4, 0.5) is 5.69 Å². The molecule has 2 aromatic carbocycles. The minimum atomic E-state index is -0.245. The van der Waals surface area contributed by atoms with E-state index < -0.39 is 0 Å². The van der Waals surface area contributed by atoms with Gasteiger partial charge in [0.25, 0.3) is 5.91 Å². The number of nitrogens with one attached hydrogen (secondary N) is 1. The number of hydrogen-bond acceptors (Lipinski definition) is 3. The highest BCUT2D eigenvalue weighted by atomic mass is 35.5. The Balaban J connectivity index is 1.95. The van der Waals surface area contributed by atoms with Crippen molar-refractivity contribution < 1.29 is 14.3 Å². The van der Waals surface area contributed by atoms with Crippen molar-refractivity contribution in [2.75, 3.05) is 18.5 Å². The maximum Gasteiger partial charge on any atom is 0.262 e. The van der Waals surface area contributed by atoms with Gasteiger partial charge in [0, 0.05) is 5.02 Å². The van der Waals surface area contributed by atoms with E-state index in [4.69, 9.17) is 21.1 Å². The third-order valence-electron chi connectivity index (χ3n) is 3.23. The molecule has 0 aliphatic heterocycles. The number of carbonyl (C=O) groups is 1. The number of rotatable bonds is 7. The predicted octanol–water partition coefficient (Wildman–Crippen LogP) is 4.32. The standard InChI is InChI=1S/C18H20ClNO3/c1-3-13-11-14(9-10-15(13)19)23-12-18(21)20-16-7-5-6-8-17(16)22-4-2/h5-11H,3-4,12H2,1-2H3,(H,20,21). The molecule has 0 fully saturated rings. The van der Waals surface area contributed by atoms with Crippen LogP contribution < -0.4 is 14.8 Å². The predicted molar refractivity (Wildman–Crippen MR) is 92.6 cm³/mol. The minimum absolute atomic E-state index is 0.0781. The normalized spacial score (nSPS) is 10.2. The van der Waals surface area contributed by atoms with Gasteiger partial charge in [-0.15, -0.1) is 0 Å². The number of anilines is 1. The zero-order valence-corrected chi connectivity index (χ0v) is 14.0. The van der Waals surface area contributed by atoms with Gasteiger partial charge in [0.1, 0.15) is 11.5 Å². The van der Waals surface area contributed by atoms with Crippen LogP contribution in [0.3, 0.4) is 0 Å². The van der Waals surface area contributed by atoms with Gasteiger partial charge < -0.3 is 14.8 Å². The topological polar surface area (TPSA) is 47.6 Å². The molecule has 5 heteroatoms. The molecule has 0 atom stereocenters. The molecule has 2 aromatic rings. The van der Waals surface area contributed by atoms with Gasteiger partial charge in [0.15, 0.2) is 6.61 Å². The first-order valence-corrected chi connectivity index (χ1v) is 7.94. The largest absolute Gasteiger partial charge is 0.492 e. The van der Waals surface area contributed by atoms with Crippen molar-refractivity contribution in [3.8, 4) is 11.5 Å². The van der Waals surface area contributed by atoms with Crippen LogP contribution in [0.25, 0.3) is 0 Å². The molecule has 1 N–H and O–H groups in total. The summed E-state index contributed by atoms with van der Waals surface area (Å²) in [5.74, 6) is 1.02. The molecular formula is C18H20ClNO3. The van der Waals surface area contributed by atoms with E-state index in [-0.39, 0.29) is 12.5 Å². The molecule has 23 heavy (non-hydrogen) atoms. The first-order chi connectivity index (χ1) is 11.1. The highest BCUT2D eigenvalue weighted by molar-refractivity contribution is 6.31. The molecule has 1 amide bonds. The summed E-state index contributed by atoms with van der Waals surface area (Å²) in [6, 6.07) is 12.7. The van der Waals surface area contributed by atoms with Crippen LogP contribution in [0.15, 0.2) is 42.5 Å².